The van der Waals surface area contributed by atoms with Crippen molar-refractivity contribution in [1.29, 1.82) is 0 Å². The molecule has 0 unspecified atom stereocenters. The standard InChI is InChI=1S/C21H21N3O2/c25-21(14-17-6-3-5-16-4-1-2-7-19(16)17)23-18-8-9-20(22-15-18)24-10-12-26-13-11-24/h1-9,15H,10-14H2,(H,23,25). The molecule has 1 fully saturated rings. The van der Waals surface area contributed by atoms with Crippen LogP contribution in [-0.2, 0) is 16.0 Å². The quantitative estimate of drug-likeness (QED) is 0.787. The van der Waals surface area contributed by atoms with Gasteiger partial charge in [0.25, 0.3) is 0 Å². The molecule has 1 saturated heterocycles. The number of carbonyl (C=O) groups excluding carboxylic acids is 1. The molecule has 1 N–H and O–H groups in total. The topological polar surface area (TPSA) is 54.5 Å². The molecule has 0 atom stereocenters. The molecule has 0 radical (unpaired) electrons. The molecule has 0 spiro atoms. The molecule has 132 valence electrons. The number of carbonyl (C=O) groups is 1. The van der Waals surface area contributed by atoms with Crippen LogP contribution in [0.4, 0.5) is 11.5 Å². The van der Waals surface area contributed by atoms with Crippen LogP contribution in [0.25, 0.3) is 10.8 Å². The zero-order valence-corrected chi connectivity index (χ0v) is 14.5. The lowest BCUT2D eigenvalue weighted by atomic mass is 10.0. The van der Waals surface area contributed by atoms with Gasteiger partial charge in [-0.05, 0) is 28.5 Å². The van der Waals surface area contributed by atoms with E-state index in [1.807, 2.05) is 36.4 Å². The van der Waals surface area contributed by atoms with Gasteiger partial charge in [-0.1, -0.05) is 42.5 Å². The number of nitrogens with one attached hydrogen (secondary N) is 1. The van der Waals surface area contributed by atoms with E-state index < -0.39 is 0 Å². The Morgan fingerprint density at radius 1 is 1.04 bits per heavy atom. The zero-order valence-electron chi connectivity index (χ0n) is 14.5. The minimum absolute atomic E-state index is 0.0396. The van der Waals surface area contributed by atoms with Gasteiger partial charge < -0.3 is 15.0 Å². The molecule has 1 aliphatic rings. The summed E-state index contributed by atoms with van der Waals surface area (Å²) in [5, 5.41) is 5.20. The molecule has 26 heavy (non-hydrogen) atoms. The Morgan fingerprint density at radius 2 is 1.85 bits per heavy atom. The van der Waals surface area contributed by atoms with Gasteiger partial charge >= 0.3 is 0 Å². The fourth-order valence-corrected chi connectivity index (χ4v) is 3.26. The van der Waals surface area contributed by atoms with Crippen LogP contribution in [0.15, 0.2) is 60.8 Å². The summed E-state index contributed by atoms with van der Waals surface area (Å²) in [5.41, 5.74) is 1.74. The van der Waals surface area contributed by atoms with Crippen molar-refractivity contribution in [3.63, 3.8) is 0 Å². The Kier molecular flexibility index (Phi) is 4.80. The average Bonchev–Trinajstić information content (AvgIpc) is 2.69. The maximum atomic E-state index is 12.4. The van der Waals surface area contributed by atoms with Gasteiger partial charge in [-0.2, -0.15) is 0 Å². The second-order valence-electron chi connectivity index (χ2n) is 6.37. The minimum atomic E-state index is -0.0396. The Labute approximate surface area is 152 Å². The smallest absolute Gasteiger partial charge is 0.228 e. The van der Waals surface area contributed by atoms with E-state index in [0.29, 0.717) is 12.1 Å². The van der Waals surface area contributed by atoms with Crippen molar-refractivity contribution >= 4 is 28.2 Å². The summed E-state index contributed by atoms with van der Waals surface area (Å²) >= 11 is 0. The number of rotatable bonds is 4. The van der Waals surface area contributed by atoms with Crippen LogP contribution in [0.5, 0.6) is 0 Å². The van der Waals surface area contributed by atoms with E-state index in [1.54, 1.807) is 6.20 Å². The van der Waals surface area contributed by atoms with Crippen LogP contribution in [-0.4, -0.2) is 37.2 Å². The van der Waals surface area contributed by atoms with Gasteiger partial charge in [0.05, 0.1) is 31.5 Å². The number of fused-ring (bicyclic) bond motifs is 1. The summed E-state index contributed by atoms with van der Waals surface area (Å²) in [6.45, 7) is 3.15. The van der Waals surface area contributed by atoms with Gasteiger partial charge in [-0.25, -0.2) is 4.98 Å². The van der Waals surface area contributed by atoms with Crippen molar-refractivity contribution in [3.05, 3.63) is 66.4 Å². The molecule has 0 aliphatic carbocycles. The number of aromatic nitrogens is 1. The van der Waals surface area contributed by atoms with Gasteiger partial charge in [0.15, 0.2) is 0 Å². The third-order valence-electron chi connectivity index (χ3n) is 4.60. The van der Waals surface area contributed by atoms with Gasteiger partial charge in [-0.3, -0.25) is 4.79 Å². The highest BCUT2D eigenvalue weighted by Gasteiger charge is 2.12. The molecule has 0 bridgehead atoms. The summed E-state index contributed by atoms with van der Waals surface area (Å²) in [6, 6.07) is 18.0. The van der Waals surface area contributed by atoms with Crippen molar-refractivity contribution in [2.75, 3.05) is 36.5 Å². The minimum Gasteiger partial charge on any atom is -0.378 e. The predicted octanol–water partition coefficient (Wildman–Crippen LogP) is 3.25. The number of benzene rings is 2. The van der Waals surface area contributed by atoms with Gasteiger partial charge in [0.2, 0.25) is 5.91 Å². The van der Waals surface area contributed by atoms with E-state index in [9.17, 15) is 4.79 Å². The van der Waals surface area contributed by atoms with Crippen LogP contribution in [0.1, 0.15) is 5.56 Å². The van der Waals surface area contributed by atoms with E-state index in [4.69, 9.17) is 4.74 Å². The van der Waals surface area contributed by atoms with Crippen LogP contribution in [0, 0.1) is 0 Å². The molecule has 4 rings (SSSR count). The zero-order chi connectivity index (χ0) is 17.8. The fraction of sp³-hybridized carbons (Fsp3) is 0.238. The third-order valence-corrected chi connectivity index (χ3v) is 4.60. The maximum absolute atomic E-state index is 12.4. The Balaban J connectivity index is 1.43. The number of hydrogen-bond acceptors (Lipinski definition) is 4. The Morgan fingerprint density at radius 3 is 2.65 bits per heavy atom. The molecular weight excluding hydrogens is 326 g/mol. The summed E-state index contributed by atoms with van der Waals surface area (Å²) in [5.74, 6) is 0.877. The van der Waals surface area contributed by atoms with Crippen molar-refractivity contribution in [3.8, 4) is 0 Å². The monoisotopic (exact) mass is 347 g/mol. The highest BCUT2D eigenvalue weighted by molar-refractivity contribution is 5.96. The number of nitrogens with zero attached hydrogens (tertiary/aromatic N) is 2. The van der Waals surface area contributed by atoms with Gasteiger partial charge in [0, 0.05) is 13.1 Å². The Hall–Kier alpha value is -2.92. The van der Waals surface area contributed by atoms with Crippen molar-refractivity contribution in [2.45, 2.75) is 6.42 Å². The van der Waals surface area contributed by atoms with E-state index in [-0.39, 0.29) is 5.91 Å². The van der Waals surface area contributed by atoms with Crippen LogP contribution in [0.3, 0.4) is 0 Å². The molecule has 1 aromatic heterocycles. The number of pyridine rings is 1. The molecule has 3 aromatic rings. The summed E-state index contributed by atoms with van der Waals surface area (Å²) in [7, 11) is 0. The highest BCUT2D eigenvalue weighted by atomic mass is 16.5. The second-order valence-corrected chi connectivity index (χ2v) is 6.37. The lowest BCUT2D eigenvalue weighted by molar-refractivity contribution is -0.115. The number of ether oxygens (including phenoxy) is 1. The first-order valence-corrected chi connectivity index (χ1v) is 8.85. The first-order chi connectivity index (χ1) is 12.8. The van der Waals surface area contributed by atoms with Gasteiger partial charge in [0.1, 0.15) is 5.82 Å². The summed E-state index contributed by atoms with van der Waals surface area (Å²) in [4.78, 5) is 19.1. The molecular formula is C21H21N3O2. The second kappa shape index (κ2) is 7.54. The average molecular weight is 347 g/mol. The molecule has 2 heterocycles. The van der Waals surface area contributed by atoms with Crippen molar-refractivity contribution in [2.24, 2.45) is 0 Å². The Bertz CT molecular complexity index is 897. The molecule has 5 heteroatoms. The summed E-state index contributed by atoms with van der Waals surface area (Å²) < 4.78 is 5.36. The lowest BCUT2D eigenvalue weighted by Crippen LogP contribution is -2.36. The first kappa shape index (κ1) is 16.5. The van der Waals surface area contributed by atoms with Crippen LogP contribution >= 0.6 is 0 Å². The van der Waals surface area contributed by atoms with E-state index in [0.717, 1.165) is 48.5 Å². The largest absolute Gasteiger partial charge is 0.378 e. The normalized spacial score (nSPS) is 14.4. The van der Waals surface area contributed by atoms with E-state index >= 15 is 0 Å². The van der Waals surface area contributed by atoms with E-state index in [2.05, 4.69) is 33.4 Å². The van der Waals surface area contributed by atoms with Gasteiger partial charge in [-0.15, -0.1) is 0 Å². The van der Waals surface area contributed by atoms with E-state index in [1.165, 1.54) is 0 Å². The number of hydrogen-bond donors (Lipinski definition) is 1. The molecule has 1 aliphatic heterocycles. The van der Waals surface area contributed by atoms with Crippen molar-refractivity contribution in [1.82, 2.24) is 4.98 Å². The fourth-order valence-electron chi connectivity index (χ4n) is 3.26. The SMILES string of the molecule is O=C(Cc1cccc2ccccc12)Nc1ccc(N2CCOCC2)nc1. The lowest BCUT2D eigenvalue weighted by Gasteiger charge is -2.27. The highest BCUT2D eigenvalue weighted by Crippen LogP contribution is 2.20. The number of anilines is 2. The van der Waals surface area contributed by atoms with Crippen LogP contribution in [0.2, 0.25) is 0 Å². The van der Waals surface area contributed by atoms with Crippen molar-refractivity contribution < 1.29 is 9.53 Å². The molecule has 1 amide bonds. The molecule has 2 aromatic carbocycles. The first-order valence-electron chi connectivity index (χ1n) is 8.85. The van der Waals surface area contributed by atoms with Crippen LogP contribution < -0.4 is 10.2 Å². The maximum Gasteiger partial charge on any atom is 0.228 e. The predicted molar refractivity (Wildman–Crippen MR) is 104 cm³/mol. The number of morpholine rings is 1. The molecule has 0 saturated carbocycles. The summed E-state index contributed by atoms with van der Waals surface area (Å²) in [6.07, 6.45) is 2.05. The number of amides is 1. The third kappa shape index (κ3) is 3.68. The molecule has 5 nitrogen and oxygen atoms in total.